The third-order valence-electron chi connectivity index (χ3n) is 4.69. The standard InChI is InChI=1S/C23H25N5O2/c1-3-4-13-30-18-7-5-17(6-8-18)25-23-20-10-9-19(29-2)14-16(20)15-22(27-23)26-21-11-12-24-28-21/h5-12,14-15H,3-4,13H2,1-2H3,(H3,24,25,26,27,28). The van der Waals surface area contributed by atoms with E-state index in [1.807, 2.05) is 54.6 Å². The summed E-state index contributed by atoms with van der Waals surface area (Å²) in [4.78, 5) is 4.77. The van der Waals surface area contributed by atoms with E-state index in [1.165, 1.54) is 0 Å². The number of ether oxygens (including phenoxy) is 2. The van der Waals surface area contributed by atoms with E-state index in [0.717, 1.165) is 59.0 Å². The highest BCUT2D eigenvalue weighted by Crippen LogP contribution is 2.31. The Balaban J connectivity index is 1.62. The van der Waals surface area contributed by atoms with Crippen molar-refractivity contribution in [1.29, 1.82) is 0 Å². The second-order valence-corrected chi connectivity index (χ2v) is 6.89. The summed E-state index contributed by atoms with van der Waals surface area (Å²) >= 11 is 0. The maximum absolute atomic E-state index is 5.75. The quantitative estimate of drug-likeness (QED) is 0.314. The summed E-state index contributed by atoms with van der Waals surface area (Å²) in [6.07, 6.45) is 3.86. The van der Waals surface area contributed by atoms with Gasteiger partial charge in [-0.3, -0.25) is 5.10 Å². The first-order valence-corrected chi connectivity index (χ1v) is 10.0. The lowest BCUT2D eigenvalue weighted by Crippen LogP contribution is -2.00. The molecule has 0 aliphatic rings. The summed E-state index contributed by atoms with van der Waals surface area (Å²) in [5, 5.41) is 15.5. The molecule has 3 N–H and O–H groups in total. The number of hydrogen-bond acceptors (Lipinski definition) is 6. The van der Waals surface area contributed by atoms with Gasteiger partial charge in [0.2, 0.25) is 0 Å². The molecule has 30 heavy (non-hydrogen) atoms. The first-order valence-electron chi connectivity index (χ1n) is 10.0. The first kappa shape index (κ1) is 19.6. The fourth-order valence-electron chi connectivity index (χ4n) is 3.09. The van der Waals surface area contributed by atoms with Gasteiger partial charge in [-0.1, -0.05) is 13.3 Å². The van der Waals surface area contributed by atoms with Crippen LogP contribution in [0, 0.1) is 0 Å². The van der Waals surface area contributed by atoms with E-state index in [2.05, 4.69) is 27.8 Å². The van der Waals surface area contributed by atoms with E-state index in [9.17, 15) is 0 Å². The average molecular weight is 403 g/mol. The summed E-state index contributed by atoms with van der Waals surface area (Å²) in [6, 6.07) is 17.7. The van der Waals surface area contributed by atoms with E-state index in [0.29, 0.717) is 5.82 Å². The zero-order valence-corrected chi connectivity index (χ0v) is 17.1. The first-order chi connectivity index (χ1) is 14.7. The van der Waals surface area contributed by atoms with Crippen molar-refractivity contribution in [3.8, 4) is 11.5 Å². The molecular formula is C23H25N5O2. The van der Waals surface area contributed by atoms with Crippen molar-refractivity contribution in [2.75, 3.05) is 24.4 Å². The number of H-pyrrole nitrogens is 1. The minimum absolute atomic E-state index is 0.696. The molecule has 0 aliphatic carbocycles. The van der Waals surface area contributed by atoms with Crippen LogP contribution in [0.2, 0.25) is 0 Å². The zero-order valence-electron chi connectivity index (χ0n) is 17.1. The molecule has 7 heteroatoms. The van der Waals surface area contributed by atoms with Crippen LogP contribution in [0.1, 0.15) is 19.8 Å². The van der Waals surface area contributed by atoms with E-state index >= 15 is 0 Å². The molecule has 0 atom stereocenters. The van der Waals surface area contributed by atoms with Gasteiger partial charge in [-0.05, 0) is 60.3 Å². The van der Waals surface area contributed by atoms with Gasteiger partial charge in [0, 0.05) is 17.1 Å². The number of benzene rings is 2. The highest BCUT2D eigenvalue weighted by molar-refractivity contribution is 5.96. The van der Waals surface area contributed by atoms with Gasteiger partial charge in [0.25, 0.3) is 0 Å². The average Bonchev–Trinajstić information content (AvgIpc) is 3.27. The monoisotopic (exact) mass is 403 g/mol. The molecule has 0 radical (unpaired) electrons. The Labute approximate surface area is 175 Å². The molecule has 2 aromatic heterocycles. The number of aromatic amines is 1. The number of nitrogens with zero attached hydrogens (tertiary/aromatic N) is 2. The van der Waals surface area contributed by atoms with Gasteiger partial charge < -0.3 is 20.1 Å². The number of rotatable bonds is 9. The Morgan fingerprint density at radius 3 is 2.53 bits per heavy atom. The third kappa shape index (κ3) is 4.63. The van der Waals surface area contributed by atoms with Crippen LogP contribution < -0.4 is 20.1 Å². The number of pyridine rings is 1. The molecule has 0 aliphatic heterocycles. The molecule has 0 saturated carbocycles. The van der Waals surface area contributed by atoms with Crippen LogP contribution >= 0.6 is 0 Å². The molecule has 2 heterocycles. The SMILES string of the molecule is CCCCOc1ccc(Nc2nc(Nc3ccn[nH]3)cc3cc(OC)ccc23)cc1. The molecule has 2 aromatic carbocycles. The summed E-state index contributed by atoms with van der Waals surface area (Å²) < 4.78 is 11.1. The highest BCUT2D eigenvalue weighted by atomic mass is 16.5. The number of unbranched alkanes of at least 4 members (excludes halogenated alkanes) is 1. The number of hydrogen-bond donors (Lipinski definition) is 3. The summed E-state index contributed by atoms with van der Waals surface area (Å²) in [7, 11) is 1.66. The van der Waals surface area contributed by atoms with Gasteiger partial charge >= 0.3 is 0 Å². The molecule has 0 spiro atoms. The summed E-state index contributed by atoms with van der Waals surface area (Å²) in [5.74, 6) is 3.87. The zero-order chi connectivity index (χ0) is 20.8. The fourth-order valence-corrected chi connectivity index (χ4v) is 3.09. The van der Waals surface area contributed by atoms with Crippen molar-refractivity contribution in [1.82, 2.24) is 15.2 Å². The van der Waals surface area contributed by atoms with Crippen LogP contribution in [0.3, 0.4) is 0 Å². The second kappa shape index (κ2) is 9.17. The number of aromatic nitrogens is 3. The molecule has 0 fully saturated rings. The van der Waals surface area contributed by atoms with Gasteiger partial charge in [-0.2, -0.15) is 5.10 Å². The summed E-state index contributed by atoms with van der Waals surface area (Å²) in [5.41, 5.74) is 0.932. The lowest BCUT2D eigenvalue weighted by molar-refractivity contribution is 0.309. The highest BCUT2D eigenvalue weighted by Gasteiger charge is 2.09. The predicted molar refractivity (Wildman–Crippen MR) is 120 cm³/mol. The molecule has 0 bridgehead atoms. The second-order valence-electron chi connectivity index (χ2n) is 6.89. The maximum atomic E-state index is 5.75. The minimum Gasteiger partial charge on any atom is -0.497 e. The van der Waals surface area contributed by atoms with Gasteiger partial charge in [-0.15, -0.1) is 0 Å². The van der Waals surface area contributed by atoms with Crippen LogP contribution in [-0.4, -0.2) is 28.9 Å². The van der Waals surface area contributed by atoms with Crippen LogP contribution in [0.25, 0.3) is 10.8 Å². The molecule has 4 aromatic rings. The van der Waals surface area contributed by atoms with Crippen molar-refractivity contribution >= 4 is 33.9 Å². The van der Waals surface area contributed by atoms with Crippen LogP contribution in [0.4, 0.5) is 23.1 Å². The van der Waals surface area contributed by atoms with Crippen molar-refractivity contribution in [2.45, 2.75) is 19.8 Å². The van der Waals surface area contributed by atoms with Crippen molar-refractivity contribution in [2.24, 2.45) is 0 Å². The normalized spacial score (nSPS) is 10.7. The fraction of sp³-hybridized carbons (Fsp3) is 0.217. The Morgan fingerprint density at radius 2 is 1.80 bits per heavy atom. The molecule has 0 saturated heterocycles. The van der Waals surface area contributed by atoms with E-state index in [-0.39, 0.29) is 0 Å². The molecule has 154 valence electrons. The largest absolute Gasteiger partial charge is 0.497 e. The molecular weight excluding hydrogens is 378 g/mol. The Hall–Kier alpha value is -3.74. The maximum Gasteiger partial charge on any atom is 0.140 e. The van der Waals surface area contributed by atoms with E-state index in [1.54, 1.807) is 13.3 Å². The number of anilines is 4. The van der Waals surface area contributed by atoms with Gasteiger partial charge in [0.05, 0.1) is 19.9 Å². The van der Waals surface area contributed by atoms with Crippen LogP contribution in [0.15, 0.2) is 60.8 Å². The molecule has 4 rings (SSSR count). The van der Waals surface area contributed by atoms with Crippen LogP contribution in [-0.2, 0) is 0 Å². The van der Waals surface area contributed by atoms with E-state index in [4.69, 9.17) is 14.5 Å². The van der Waals surface area contributed by atoms with Gasteiger partial charge in [0.1, 0.15) is 29.0 Å². The van der Waals surface area contributed by atoms with Crippen LogP contribution in [0.5, 0.6) is 11.5 Å². The van der Waals surface area contributed by atoms with E-state index < -0.39 is 0 Å². The minimum atomic E-state index is 0.696. The van der Waals surface area contributed by atoms with Gasteiger partial charge in [0.15, 0.2) is 0 Å². The number of nitrogens with one attached hydrogen (secondary N) is 3. The molecule has 7 nitrogen and oxygen atoms in total. The Bertz CT molecular complexity index is 1090. The third-order valence-corrected chi connectivity index (χ3v) is 4.69. The lowest BCUT2D eigenvalue weighted by atomic mass is 10.1. The predicted octanol–water partition coefficient (Wildman–Crippen LogP) is 5.63. The number of fused-ring (bicyclic) bond motifs is 1. The molecule has 0 amide bonds. The smallest absolute Gasteiger partial charge is 0.140 e. The summed E-state index contributed by atoms with van der Waals surface area (Å²) in [6.45, 7) is 2.89. The van der Waals surface area contributed by atoms with Crippen molar-refractivity contribution in [3.05, 3.63) is 60.8 Å². The topological polar surface area (TPSA) is 84.1 Å². The number of methoxy groups -OCH3 is 1. The Kier molecular flexibility index (Phi) is 5.98. The van der Waals surface area contributed by atoms with Gasteiger partial charge in [-0.25, -0.2) is 4.98 Å². The molecule has 0 unspecified atom stereocenters. The Morgan fingerprint density at radius 1 is 0.967 bits per heavy atom. The lowest BCUT2D eigenvalue weighted by Gasteiger charge is -2.13. The van der Waals surface area contributed by atoms with Crippen molar-refractivity contribution in [3.63, 3.8) is 0 Å². The van der Waals surface area contributed by atoms with Crippen molar-refractivity contribution < 1.29 is 9.47 Å².